The Labute approximate surface area is 127 Å². The average Bonchev–Trinajstić information content (AvgIpc) is 2.59. The van der Waals surface area contributed by atoms with Gasteiger partial charge >= 0.3 is 0 Å². The summed E-state index contributed by atoms with van der Waals surface area (Å²) in [6.07, 6.45) is 0.854. The van der Waals surface area contributed by atoms with Gasteiger partial charge in [0.1, 0.15) is 0 Å². The number of benzene rings is 1. The number of hydrogen-bond acceptors (Lipinski definition) is 4. The van der Waals surface area contributed by atoms with E-state index in [-0.39, 0.29) is 12.1 Å². The highest BCUT2D eigenvalue weighted by Gasteiger charge is 2.31. The van der Waals surface area contributed by atoms with Crippen LogP contribution in [0.4, 0.5) is 0 Å². The number of nitrogens with two attached hydrogens (primary N) is 1. The van der Waals surface area contributed by atoms with Gasteiger partial charge in [-0.05, 0) is 51.6 Å². The third kappa shape index (κ3) is 3.63. The maximum atomic E-state index is 12.9. The lowest BCUT2D eigenvalue weighted by molar-refractivity contribution is 0.290. The first-order chi connectivity index (χ1) is 9.82. The van der Waals surface area contributed by atoms with Crippen molar-refractivity contribution in [2.24, 2.45) is 5.73 Å². The number of rotatable bonds is 3. The molecule has 0 aromatic heterocycles. The molecule has 1 aliphatic heterocycles. The Bertz CT molecular complexity index is 586. The van der Waals surface area contributed by atoms with Crippen LogP contribution in [0.1, 0.15) is 31.9 Å². The summed E-state index contributed by atoms with van der Waals surface area (Å²) in [6.45, 7) is 6.07. The minimum atomic E-state index is -3.46. The molecule has 6 heteroatoms. The molecular formula is C15H25N3O2S. The molecule has 0 aliphatic carbocycles. The maximum absolute atomic E-state index is 12.9. The smallest absolute Gasteiger partial charge is 0.243 e. The molecule has 0 saturated carbocycles. The van der Waals surface area contributed by atoms with Gasteiger partial charge in [-0.15, -0.1) is 0 Å². The van der Waals surface area contributed by atoms with Gasteiger partial charge in [0, 0.05) is 25.2 Å². The third-order valence-corrected chi connectivity index (χ3v) is 5.99. The van der Waals surface area contributed by atoms with Gasteiger partial charge in [-0.3, -0.25) is 0 Å². The molecule has 0 amide bonds. The summed E-state index contributed by atoms with van der Waals surface area (Å²) < 4.78 is 27.4. The Balaban J connectivity index is 2.34. The van der Waals surface area contributed by atoms with Gasteiger partial charge in [-0.1, -0.05) is 12.1 Å². The minimum Gasteiger partial charge on any atom is -0.324 e. The predicted molar refractivity (Wildman–Crippen MR) is 84.5 cm³/mol. The highest BCUT2D eigenvalue weighted by atomic mass is 32.2. The summed E-state index contributed by atoms with van der Waals surface area (Å²) in [4.78, 5) is 2.52. The first-order valence-corrected chi connectivity index (χ1v) is 8.82. The normalized spacial score (nSPS) is 23.7. The number of hydrogen-bond donors (Lipinski definition) is 1. The van der Waals surface area contributed by atoms with E-state index in [1.165, 1.54) is 0 Å². The van der Waals surface area contributed by atoms with Crippen LogP contribution in [0.2, 0.25) is 0 Å². The van der Waals surface area contributed by atoms with Gasteiger partial charge in [0.2, 0.25) is 10.0 Å². The zero-order chi connectivity index (χ0) is 15.6. The van der Waals surface area contributed by atoms with Crippen molar-refractivity contribution >= 4 is 10.0 Å². The fourth-order valence-electron chi connectivity index (χ4n) is 2.80. The monoisotopic (exact) mass is 311 g/mol. The molecule has 2 unspecified atom stereocenters. The lowest BCUT2D eigenvalue weighted by Crippen LogP contribution is -2.41. The number of likely N-dealkylation sites (N-methyl/N-ethyl adjacent to an activating group) is 1. The lowest BCUT2D eigenvalue weighted by atomic mass is 10.1. The molecule has 2 atom stereocenters. The van der Waals surface area contributed by atoms with Gasteiger partial charge in [0.15, 0.2) is 0 Å². The Kier molecular flexibility index (Phi) is 5.03. The highest BCUT2D eigenvalue weighted by molar-refractivity contribution is 7.89. The van der Waals surface area contributed by atoms with Crippen LogP contribution in [0.5, 0.6) is 0 Å². The van der Waals surface area contributed by atoms with Crippen LogP contribution < -0.4 is 5.73 Å². The largest absolute Gasteiger partial charge is 0.324 e. The Morgan fingerprint density at radius 1 is 1.33 bits per heavy atom. The zero-order valence-electron chi connectivity index (χ0n) is 13.0. The predicted octanol–water partition coefficient (Wildman–Crippen LogP) is 1.42. The molecule has 1 aliphatic rings. The summed E-state index contributed by atoms with van der Waals surface area (Å²) >= 11 is 0. The molecular weight excluding hydrogens is 286 g/mol. The molecule has 1 heterocycles. The van der Waals surface area contributed by atoms with Gasteiger partial charge in [0.25, 0.3) is 0 Å². The first kappa shape index (κ1) is 16.4. The molecule has 1 aromatic rings. The SMILES string of the molecule is CC(N)c1cccc(S(=O)(=O)N2CCCN(C)CC2C)c1. The average molecular weight is 311 g/mol. The van der Waals surface area contributed by atoms with Crippen molar-refractivity contribution in [2.75, 3.05) is 26.7 Å². The van der Waals surface area contributed by atoms with Crippen LogP contribution in [0, 0.1) is 0 Å². The fraction of sp³-hybridized carbons (Fsp3) is 0.600. The van der Waals surface area contributed by atoms with Gasteiger partial charge in [-0.25, -0.2) is 8.42 Å². The molecule has 118 valence electrons. The highest BCUT2D eigenvalue weighted by Crippen LogP contribution is 2.23. The minimum absolute atomic E-state index is 0.0264. The Hall–Kier alpha value is -0.950. The van der Waals surface area contributed by atoms with E-state index in [4.69, 9.17) is 5.73 Å². The molecule has 1 fully saturated rings. The molecule has 0 radical (unpaired) electrons. The van der Waals surface area contributed by atoms with Crippen LogP contribution in [0.25, 0.3) is 0 Å². The topological polar surface area (TPSA) is 66.6 Å². The Morgan fingerprint density at radius 3 is 2.71 bits per heavy atom. The molecule has 1 aromatic carbocycles. The van der Waals surface area contributed by atoms with Crippen molar-refractivity contribution in [1.29, 1.82) is 0 Å². The summed E-state index contributed by atoms with van der Waals surface area (Å²) in [5.41, 5.74) is 6.70. The van der Waals surface area contributed by atoms with Gasteiger partial charge in [0.05, 0.1) is 4.90 Å². The van der Waals surface area contributed by atoms with Crippen molar-refractivity contribution in [3.05, 3.63) is 29.8 Å². The molecule has 2 rings (SSSR count). The lowest BCUT2D eigenvalue weighted by Gasteiger charge is -2.27. The second-order valence-electron chi connectivity index (χ2n) is 5.94. The van der Waals surface area contributed by atoms with Crippen LogP contribution in [-0.2, 0) is 10.0 Å². The summed E-state index contributed by atoms with van der Waals surface area (Å²) in [7, 11) is -1.43. The van der Waals surface area contributed by atoms with Crippen molar-refractivity contribution < 1.29 is 8.42 Å². The van der Waals surface area contributed by atoms with Crippen molar-refractivity contribution in [1.82, 2.24) is 9.21 Å². The van der Waals surface area contributed by atoms with E-state index in [9.17, 15) is 8.42 Å². The van der Waals surface area contributed by atoms with E-state index >= 15 is 0 Å². The molecule has 2 N–H and O–H groups in total. The van der Waals surface area contributed by atoms with Crippen molar-refractivity contribution in [3.63, 3.8) is 0 Å². The summed E-state index contributed by atoms with van der Waals surface area (Å²) in [5.74, 6) is 0. The maximum Gasteiger partial charge on any atom is 0.243 e. The van der Waals surface area contributed by atoms with E-state index in [0.29, 0.717) is 11.4 Å². The van der Waals surface area contributed by atoms with E-state index in [2.05, 4.69) is 4.90 Å². The third-order valence-electron chi connectivity index (χ3n) is 3.98. The van der Waals surface area contributed by atoms with E-state index in [0.717, 1.165) is 25.1 Å². The standard InChI is InChI=1S/C15H25N3O2S/c1-12-11-17(3)8-5-9-18(12)21(19,20)15-7-4-6-14(10-15)13(2)16/h4,6-7,10,12-13H,5,8-9,11,16H2,1-3H3. The van der Waals surface area contributed by atoms with Crippen LogP contribution >= 0.6 is 0 Å². The molecule has 0 spiro atoms. The van der Waals surface area contributed by atoms with Crippen molar-refractivity contribution in [3.8, 4) is 0 Å². The van der Waals surface area contributed by atoms with Crippen LogP contribution in [-0.4, -0.2) is 50.3 Å². The van der Waals surface area contributed by atoms with E-state index in [1.807, 2.05) is 27.0 Å². The fourth-order valence-corrected chi connectivity index (χ4v) is 4.52. The molecule has 21 heavy (non-hydrogen) atoms. The van der Waals surface area contributed by atoms with Crippen LogP contribution in [0.3, 0.4) is 0 Å². The number of nitrogens with zero attached hydrogens (tertiary/aromatic N) is 2. The quantitative estimate of drug-likeness (QED) is 0.917. The van der Waals surface area contributed by atoms with Gasteiger partial charge in [-0.2, -0.15) is 4.31 Å². The van der Waals surface area contributed by atoms with Gasteiger partial charge < -0.3 is 10.6 Å². The summed E-state index contributed by atoms with van der Waals surface area (Å²) in [6, 6.07) is 6.78. The van der Waals surface area contributed by atoms with E-state index in [1.54, 1.807) is 22.5 Å². The van der Waals surface area contributed by atoms with Crippen LogP contribution in [0.15, 0.2) is 29.2 Å². The first-order valence-electron chi connectivity index (χ1n) is 7.38. The molecule has 5 nitrogen and oxygen atoms in total. The molecule has 0 bridgehead atoms. The second-order valence-corrected chi connectivity index (χ2v) is 7.83. The zero-order valence-corrected chi connectivity index (χ0v) is 13.8. The molecule has 1 saturated heterocycles. The Morgan fingerprint density at radius 2 is 2.05 bits per heavy atom. The van der Waals surface area contributed by atoms with Crippen molar-refractivity contribution in [2.45, 2.75) is 37.2 Å². The van der Waals surface area contributed by atoms with E-state index < -0.39 is 10.0 Å². The second kappa shape index (κ2) is 6.44. The number of sulfonamides is 1. The summed E-state index contributed by atoms with van der Waals surface area (Å²) in [5, 5.41) is 0.